The van der Waals surface area contributed by atoms with Gasteiger partial charge in [0.05, 0.1) is 6.61 Å². The molecular weight excluding hydrogens is 402 g/mol. The van der Waals surface area contributed by atoms with Gasteiger partial charge < -0.3 is 31.4 Å². The summed E-state index contributed by atoms with van der Waals surface area (Å²) in [5.41, 5.74) is 10.4. The minimum Gasteiger partial charge on any atom is -0.398 e. The number of nitrogen functional groups attached to an aromatic ring is 1. The Morgan fingerprint density at radius 1 is 1.19 bits per heavy atom. The molecule has 2 heterocycles. The monoisotopic (exact) mass is 431 g/mol. The number of methoxy groups -OCH3 is 1. The normalized spacial score (nSPS) is 15.5. The molecule has 0 unspecified atom stereocenters. The Balaban J connectivity index is 1.36. The molecule has 1 saturated heterocycles. The van der Waals surface area contributed by atoms with Crippen molar-refractivity contribution in [2.75, 3.05) is 48.1 Å². The zero-order valence-electron chi connectivity index (χ0n) is 18.2. The minimum atomic E-state index is 0.340. The Labute approximate surface area is 188 Å². The summed E-state index contributed by atoms with van der Waals surface area (Å²) >= 11 is 0. The topological polar surface area (TPSA) is 112 Å². The van der Waals surface area contributed by atoms with E-state index >= 15 is 0 Å². The van der Waals surface area contributed by atoms with Crippen LogP contribution in [0.1, 0.15) is 17.5 Å². The van der Waals surface area contributed by atoms with Crippen LogP contribution in [0.25, 0.3) is 0 Å². The van der Waals surface area contributed by atoms with Gasteiger partial charge in [0.15, 0.2) is 0 Å². The lowest BCUT2D eigenvalue weighted by molar-refractivity contribution is 0.202. The molecule has 1 aliphatic rings. The Hall–Kier alpha value is -3.65. The summed E-state index contributed by atoms with van der Waals surface area (Å²) in [5.74, 6) is 1.41. The van der Waals surface area contributed by atoms with E-state index in [0.29, 0.717) is 29.1 Å². The molecule has 5 N–H and O–H groups in total. The lowest BCUT2D eigenvalue weighted by Crippen LogP contribution is -2.27. The number of rotatable bonds is 9. The maximum Gasteiger partial charge on any atom is 0.227 e. The highest BCUT2D eigenvalue weighted by Crippen LogP contribution is 2.23. The van der Waals surface area contributed by atoms with Crippen LogP contribution < -0.4 is 21.3 Å². The van der Waals surface area contributed by atoms with E-state index in [1.165, 1.54) is 11.8 Å². The van der Waals surface area contributed by atoms with Crippen molar-refractivity contribution in [1.29, 1.82) is 5.41 Å². The molecule has 0 saturated carbocycles. The van der Waals surface area contributed by atoms with E-state index in [2.05, 4.69) is 49.8 Å². The molecule has 0 radical (unpaired) electrons. The number of hydrogen-bond acceptors (Lipinski definition) is 8. The van der Waals surface area contributed by atoms with Gasteiger partial charge in [-0.15, -0.1) is 0 Å². The maximum atomic E-state index is 7.47. The fraction of sp³-hybridized carbons (Fsp3) is 0.292. The van der Waals surface area contributed by atoms with E-state index in [1.54, 1.807) is 19.4 Å². The third-order valence-electron chi connectivity index (χ3n) is 5.55. The molecular formula is C24H29N7O. The number of nitrogens with one attached hydrogen (secondary N) is 3. The van der Waals surface area contributed by atoms with E-state index in [-0.39, 0.29) is 0 Å². The summed E-state index contributed by atoms with van der Waals surface area (Å²) in [5, 5.41) is 14.4. The van der Waals surface area contributed by atoms with E-state index < -0.39 is 0 Å². The maximum absolute atomic E-state index is 7.47. The number of aromatic nitrogens is 2. The zero-order chi connectivity index (χ0) is 22.3. The number of ether oxygens (including phenoxy) is 1. The quantitative estimate of drug-likeness (QED) is 0.302. The van der Waals surface area contributed by atoms with E-state index in [0.717, 1.165) is 43.9 Å². The first-order valence-corrected chi connectivity index (χ1v) is 10.7. The van der Waals surface area contributed by atoms with Gasteiger partial charge in [0.1, 0.15) is 5.82 Å². The van der Waals surface area contributed by atoms with Gasteiger partial charge in [0, 0.05) is 61.3 Å². The van der Waals surface area contributed by atoms with Gasteiger partial charge in [-0.25, -0.2) is 4.98 Å². The van der Waals surface area contributed by atoms with Gasteiger partial charge in [0.2, 0.25) is 5.95 Å². The number of hydrogen-bond donors (Lipinski definition) is 4. The van der Waals surface area contributed by atoms with Crippen LogP contribution in [-0.4, -0.2) is 49.0 Å². The highest BCUT2D eigenvalue weighted by Gasteiger charge is 2.24. The largest absolute Gasteiger partial charge is 0.398 e. The average molecular weight is 432 g/mol. The third-order valence-corrected chi connectivity index (χ3v) is 5.55. The number of benzene rings is 2. The lowest BCUT2D eigenvalue weighted by Gasteiger charge is -2.18. The summed E-state index contributed by atoms with van der Waals surface area (Å²) in [6.45, 7) is 2.47. The highest BCUT2D eigenvalue weighted by atomic mass is 16.5. The molecule has 8 heteroatoms. The second-order valence-electron chi connectivity index (χ2n) is 7.87. The smallest absolute Gasteiger partial charge is 0.227 e. The molecule has 0 bridgehead atoms. The van der Waals surface area contributed by atoms with Crippen molar-refractivity contribution in [2.45, 2.75) is 18.9 Å². The van der Waals surface area contributed by atoms with Gasteiger partial charge >= 0.3 is 0 Å². The van der Waals surface area contributed by atoms with Crippen molar-refractivity contribution in [3.05, 3.63) is 65.9 Å². The molecule has 1 atom stereocenters. The van der Waals surface area contributed by atoms with E-state index in [9.17, 15) is 0 Å². The van der Waals surface area contributed by atoms with Crippen LogP contribution >= 0.6 is 0 Å². The van der Waals surface area contributed by atoms with Crippen molar-refractivity contribution >= 4 is 35.0 Å². The molecule has 4 rings (SSSR count). The molecule has 2 aromatic carbocycles. The average Bonchev–Trinajstić information content (AvgIpc) is 3.28. The molecule has 0 amide bonds. The number of anilines is 5. The van der Waals surface area contributed by atoms with Crippen LogP contribution in [0.5, 0.6) is 0 Å². The summed E-state index contributed by atoms with van der Waals surface area (Å²) in [6.07, 6.45) is 4.96. The first-order valence-electron chi connectivity index (χ1n) is 10.7. The second kappa shape index (κ2) is 10.1. The highest BCUT2D eigenvalue weighted by molar-refractivity contribution is 5.87. The van der Waals surface area contributed by atoms with Gasteiger partial charge in [-0.1, -0.05) is 12.1 Å². The Bertz CT molecular complexity index is 1050. The Morgan fingerprint density at radius 3 is 2.78 bits per heavy atom. The second-order valence-corrected chi connectivity index (χ2v) is 7.87. The van der Waals surface area contributed by atoms with Gasteiger partial charge in [-0.05, 0) is 54.8 Å². The number of nitrogens with two attached hydrogens (primary N) is 1. The SMILES string of the molecule is COCCc1ccc(N[C@@H]2CCN(c3nccc(Nc4ccc(N)c(C=N)c4)n3)C2)cc1. The molecule has 32 heavy (non-hydrogen) atoms. The van der Waals surface area contributed by atoms with Crippen LogP contribution in [0.15, 0.2) is 54.7 Å². The van der Waals surface area contributed by atoms with Crippen molar-refractivity contribution in [1.82, 2.24) is 9.97 Å². The van der Waals surface area contributed by atoms with E-state index in [4.69, 9.17) is 15.9 Å². The summed E-state index contributed by atoms with van der Waals surface area (Å²) in [4.78, 5) is 11.4. The fourth-order valence-corrected chi connectivity index (χ4v) is 3.78. The van der Waals surface area contributed by atoms with Crippen LogP contribution in [0.2, 0.25) is 0 Å². The Kier molecular flexibility index (Phi) is 6.81. The van der Waals surface area contributed by atoms with E-state index in [1.807, 2.05) is 18.2 Å². The third kappa shape index (κ3) is 5.33. The molecule has 8 nitrogen and oxygen atoms in total. The van der Waals surface area contributed by atoms with Crippen molar-refractivity contribution < 1.29 is 4.74 Å². The molecule has 166 valence electrons. The number of nitrogens with zero attached hydrogens (tertiary/aromatic N) is 3. The first kappa shape index (κ1) is 21.6. The predicted octanol–water partition coefficient (Wildman–Crippen LogP) is 3.68. The van der Waals surface area contributed by atoms with Crippen molar-refractivity contribution in [3.63, 3.8) is 0 Å². The van der Waals surface area contributed by atoms with Crippen molar-refractivity contribution in [3.8, 4) is 0 Å². The van der Waals surface area contributed by atoms with Crippen LogP contribution in [-0.2, 0) is 11.2 Å². The molecule has 1 fully saturated rings. The zero-order valence-corrected chi connectivity index (χ0v) is 18.2. The molecule has 0 spiro atoms. The van der Waals surface area contributed by atoms with Crippen LogP contribution in [0.3, 0.4) is 0 Å². The minimum absolute atomic E-state index is 0.340. The molecule has 3 aromatic rings. The van der Waals surface area contributed by atoms with Crippen LogP contribution in [0.4, 0.5) is 28.8 Å². The Morgan fingerprint density at radius 2 is 2.00 bits per heavy atom. The lowest BCUT2D eigenvalue weighted by atomic mass is 10.1. The predicted molar refractivity (Wildman–Crippen MR) is 130 cm³/mol. The standard InChI is InChI=1S/C24H29N7O/c1-32-13-10-17-2-4-19(5-3-17)28-21-9-12-31(16-21)24-27-11-8-23(30-24)29-20-6-7-22(26)18(14-20)15-25/h2-8,11,14-15,21,25,28H,9-10,12-13,16,26H2,1H3,(H,27,29,30)/t21-/m1/s1. The summed E-state index contributed by atoms with van der Waals surface area (Å²) < 4.78 is 5.14. The van der Waals surface area contributed by atoms with Crippen LogP contribution in [0, 0.1) is 5.41 Å². The van der Waals surface area contributed by atoms with Crippen molar-refractivity contribution in [2.24, 2.45) is 0 Å². The first-order chi connectivity index (χ1) is 15.6. The van der Waals surface area contributed by atoms with Gasteiger partial charge in [-0.2, -0.15) is 4.98 Å². The summed E-state index contributed by atoms with van der Waals surface area (Å²) in [7, 11) is 1.73. The fourth-order valence-electron chi connectivity index (χ4n) is 3.78. The molecule has 0 aliphatic carbocycles. The van der Waals surface area contributed by atoms with Gasteiger partial charge in [-0.3, -0.25) is 0 Å². The summed E-state index contributed by atoms with van der Waals surface area (Å²) in [6, 6.07) is 16.2. The molecule has 1 aromatic heterocycles. The van der Waals surface area contributed by atoms with Gasteiger partial charge in [0.25, 0.3) is 0 Å². The molecule has 1 aliphatic heterocycles.